The smallest absolute Gasteiger partial charge is 0.123 e. The van der Waals surface area contributed by atoms with Crippen molar-refractivity contribution in [3.05, 3.63) is 35.6 Å². The lowest BCUT2D eigenvalue weighted by atomic mass is 9.66. The van der Waals surface area contributed by atoms with Gasteiger partial charge in [0.2, 0.25) is 0 Å². The molecular formula is C16H22ClF. The molecule has 1 aliphatic carbocycles. The number of benzene rings is 1. The molecule has 1 fully saturated rings. The maximum atomic E-state index is 13.0. The van der Waals surface area contributed by atoms with E-state index in [0.717, 1.165) is 12.3 Å². The van der Waals surface area contributed by atoms with Crippen molar-refractivity contribution < 1.29 is 4.39 Å². The van der Waals surface area contributed by atoms with E-state index in [0.29, 0.717) is 5.92 Å². The molecule has 0 amide bonds. The van der Waals surface area contributed by atoms with Crippen molar-refractivity contribution in [2.45, 2.75) is 50.8 Å². The fourth-order valence-electron chi connectivity index (χ4n) is 3.22. The predicted molar refractivity (Wildman–Crippen MR) is 75.6 cm³/mol. The molecule has 3 atom stereocenters. The van der Waals surface area contributed by atoms with Crippen LogP contribution in [0, 0.1) is 17.7 Å². The molecule has 0 aliphatic heterocycles. The zero-order valence-electron chi connectivity index (χ0n) is 11.4. The third-order valence-corrected chi connectivity index (χ3v) is 5.03. The third kappa shape index (κ3) is 2.71. The molecule has 100 valence electrons. The highest BCUT2D eigenvalue weighted by Gasteiger charge is 2.39. The van der Waals surface area contributed by atoms with Crippen molar-refractivity contribution in [2.75, 3.05) is 0 Å². The Morgan fingerprint density at radius 2 is 1.78 bits per heavy atom. The van der Waals surface area contributed by atoms with Gasteiger partial charge in [-0.2, -0.15) is 0 Å². The van der Waals surface area contributed by atoms with Gasteiger partial charge in [0.15, 0.2) is 0 Å². The van der Waals surface area contributed by atoms with E-state index in [-0.39, 0.29) is 16.6 Å². The molecule has 0 aromatic heterocycles. The fraction of sp³-hybridized carbons (Fsp3) is 0.625. The summed E-state index contributed by atoms with van der Waals surface area (Å²) in [6.07, 6.45) is 3.51. The molecule has 0 saturated heterocycles. The lowest BCUT2D eigenvalue weighted by Crippen LogP contribution is -2.38. The van der Waals surface area contributed by atoms with Crippen LogP contribution in [0.1, 0.15) is 45.6 Å². The molecule has 2 rings (SSSR count). The first kappa shape index (κ1) is 13.9. The molecule has 3 unspecified atom stereocenters. The maximum absolute atomic E-state index is 13.0. The van der Waals surface area contributed by atoms with E-state index in [2.05, 4.69) is 20.8 Å². The Bertz CT molecular complexity index is 396. The average molecular weight is 269 g/mol. The molecule has 0 nitrogen and oxygen atoms in total. The Labute approximate surface area is 115 Å². The van der Waals surface area contributed by atoms with E-state index in [1.54, 1.807) is 12.1 Å². The van der Waals surface area contributed by atoms with Crippen LogP contribution in [0.25, 0.3) is 0 Å². The van der Waals surface area contributed by atoms with Gasteiger partial charge < -0.3 is 0 Å². The van der Waals surface area contributed by atoms with Crippen LogP contribution in [0.2, 0.25) is 0 Å². The summed E-state index contributed by atoms with van der Waals surface area (Å²) in [5.41, 5.74) is 1.20. The number of alkyl halides is 1. The van der Waals surface area contributed by atoms with Crippen LogP contribution in [0.4, 0.5) is 4.39 Å². The minimum absolute atomic E-state index is 0.0141. The molecule has 1 aliphatic rings. The molecular weight excluding hydrogens is 247 g/mol. The predicted octanol–water partition coefficient (Wildman–Crippen LogP) is 5.15. The standard InChI is InChI=1S/C16H22ClF/c1-11-4-9-14(15(17)10-11)16(2,3)12-5-7-13(18)8-6-12/h5-8,11,14-15H,4,9-10H2,1-3H3. The molecule has 0 radical (unpaired) electrons. The average Bonchev–Trinajstić information content (AvgIpc) is 2.29. The Balaban J connectivity index is 2.22. The van der Waals surface area contributed by atoms with Crippen molar-refractivity contribution in [3.8, 4) is 0 Å². The van der Waals surface area contributed by atoms with Crippen molar-refractivity contribution in [2.24, 2.45) is 11.8 Å². The highest BCUT2D eigenvalue weighted by molar-refractivity contribution is 6.20. The van der Waals surface area contributed by atoms with Crippen LogP contribution < -0.4 is 0 Å². The van der Waals surface area contributed by atoms with Gasteiger partial charge in [-0.15, -0.1) is 11.6 Å². The van der Waals surface area contributed by atoms with Crippen molar-refractivity contribution in [1.29, 1.82) is 0 Å². The van der Waals surface area contributed by atoms with E-state index >= 15 is 0 Å². The van der Waals surface area contributed by atoms with E-state index < -0.39 is 0 Å². The highest BCUT2D eigenvalue weighted by Crippen LogP contribution is 2.44. The Kier molecular flexibility index (Phi) is 4.01. The number of hydrogen-bond acceptors (Lipinski definition) is 0. The highest BCUT2D eigenvalue weighted by atomic mass is 35.5. The second-order valence-corrected chi connectivity index (χ2v) is 6.83. The number of rotatable bonds is 2. The van der Waals surface area contributed by atoms with E-state index in [4.69, 9.17) is 11.6 Å². The zero-order chi connectivity index (χ0) is 13.3. The van der Waals surface area contributed by atoms with E-state index in [1.807, 2.05) is 12.1 Å². The van der Waals surface area contributed by atoms with E-state index in [1.165, 1.54) is 18.4 Å². The van der Waals surface area contributed by atoms with Crippen LogP contribution in [-0.4, -0.2) is 5.38 Å². The lowest BCUT2D eigenvalue weighted by Gasteiger charge is -2.42. The second-order valence-electron chi connectivity index (χ2n) is 6.27. The Hall–Kier alpha value is -0.560. The monoisotopic (exact) mass is 268 g/mol. The number of hydrogen-bond donors (Lipinski definition) is 0. The van der Waals surface area contributed by atoms with Crippen molar-refractivity contribution in [1.82, 2.24) is 0 Å². The number of halogens is 2. The Morgan fingerprint density at radius 3 is 2.33 bits per heavy atom. The summed E-state index contributed by atoms with van der Waals surface area (Å²) in [6, 6.07) is 6.89. The van der Waals surface area contributed by atoms with Gasteiger partial charge in [0, 0.05) is 5.38 Å². The van der Waals surface area contributed by atoms with Crippen LogP contribution in [0.5, 0.6) is 0 Å². The maximum Gasteiger partial charge on any atom is 0.123 e. The molecule has 1 aromatic carbocycles. The van der Waals surface area contributed by atoms with Crippen LogP contribution >= 0.6 is 11.6 Å². The minimum Gasteiger partial charge on any atom is -0.207 e. The van der Waals surface area contributed by atoms with Gasteiger partial charge in [-0.05, 0) is 47.8 Å². The molecule has 18 heavy (non-hydrogen) atoms. The minimum atomic E-state index is -0.172. The van der Waals surface area contributed by atoms with Gasteiger partial charge >= 0.3 is 0 Å². The SMILES string of the molecule is CC1CCC(C(C)(C)c2ccc(F)cc2)C(Cl)C1. The topological polar surface area (TPSA) is 0 Å². The van der Waals surface area contributed by atoms with Gasteiger partial charge in [0.1, 0.15) is 5.82 Å². The molecule has 1 saturated carbocycles. The quantitative estimate of drug-likeness (QED) is 0.651. The summed E-state index contributed by atoms with van der Waals surface area (Å²) in [5.74, 6) is 1.03. The van der Waals surface area contributed by atoms with Crippen molar-refractivity contribution >= 4 is 11.6 Å². The molecule has 0 heterocycles. The van der Waals surface area contributed by atoms with Gasteiger partial charge in [-0.3, -0.25) is 0 Å². The van der Waals surface area contributed by atoms with Crippen molar-refractivity contribution in [3.63, 3.8) is 0 Å². The first-order chi connectivity index (χ1) is 8.41. The molecule has 0 N–H and O–H groups in total. The van der Waals surface area contributed by atoms with Crippen LogP contribution in [0.15, 0.2) is 24.3 Å². The summed E-state index contributed by atoms with van der Waals surface area (Å²) < 4.78 is 13.0. The molecule has 1 aromatic rings. The Morgan fingerprint density at radius 1 is 1.17 bits per heavy atom. The molecule has 0 bridgehead atoms. The lowest BCUT2D eigenvalue weighted by molar-refractivity contribution is 0.207. The van der Waals surface area contributed by atoms with Gasteiger partial charge in [-0.1, -0.05) is 39.3 Å². The third-order valence-electron chi connectivity index (χ3n) is 4.55. The largest absolute Gasteiger partial charge is 0.207 e. The van der Waals surface area contributed by atoms with E-state index in [9.17, 15) is 4.39 Å². The summed E-state index contributed by atoms with van der Waals surface area (Å²) in [6.45, 7) is 6.74. The first-order valence-corrected chi connectivity index (χ1v) is 7.25. The molecule has 2 heteroatoms. The summed E-state index contributed by atoms with van der Waals surface area (Å²) >= 11 is 6.57. The van der Waals surface area contributed by atoms with Gasteiger partial charge in [0.25, 0.3) is 0 Å². The summed E-state index contributed by atoms with van der Waals surface area (Å²) in [4.78, 5) is 0. The normalized spacial score (nSPS) is 29.3. The second kappa shape index (κ2) is 5.21. The fourth-order valence-corrected chi connectivity index (χ4v) is 3.96. The zero-order valence-corrected chi connectivity index (χ0v) is 12.2. The summed E-state index contributed by atoms with van der Waals surface area (Å²) in [7, 11) is 0. The van der Waals surface area contributed by atoms with Crippen LogP contribution in [0.3, 0.4) is 0 Å². The molecule has 0 spiro atoms. The summed E-state index contributed by atoms with van der Waals surface area (Å²) in [5, 5.41) is 0.230. The van der Waals surface area contributed by atoms with Gasteiger partial charge in [-0.25, -0.2) is 4.39 Å². The first-order valence-electron chi connectivity index (χ1n) is 6.81. The van der Waals surface area contributed by atoms with Crippen LogP contribution in [-0.2, 0) is 5.41 Å². The van der Waals surface area contributed by atoms with Gasteiger partial charge in [0.05, 0.1) is 0 Å².